The lowest BCUT2D eigenvalue weighted by molar-refractivity contribution is 0.0937. The average Bonchev–Trinajstić information content (AvgIpc) is 2.96. The van der Waals surface area contributed by atoms with E-state index in [1.54, 1.807) is 0 Å². The predicted molar refractivity (Wildman–Crippen MR) is 80.5 cm³/mol. The summed E-state index contributed by atoms with van der Waals surface area (Å²) in [6, 6.07) is 0.357. The van der Waals surface area contributed by atoms with Crippen molar-refractivity contribution in [3.8, 4) is 0 Å². The molecular weight excluding hydrogens is 296 g/mol. The molecule has 1 saturated heterocycles. The average molecular weight is 316 g/mol. The van der Waals surface area contributed by atoms with Crippen LogP contribution in [0.15, 0.2) is 10.7 Å². The molecule has 2 aromatic rings. The molecule has 8 heteroatoms. The Bertz CT molecular complexity index is 704. The SMILES string of the molecule is Cc1[nH]ncc1CN1CCC[C@H]1c1nc(C(=O)NC2CC2)no1. The van der Waals surface area contributed by atoms with Gasteiger partial charge >= 0.3 is 0 Å². The van der Waals surface area contributed by atoms with Crippen LogP contribution in [-0.4, -0.2) is 43.7 Å². The van der Waals surface area contributed by atoms with Gasteiger partial charge in [0.15, 0.2) is 0 Å². The zero-order valence-corrected chi connectivity index (χ0v) is 13.1. The summed E-state index contributed by atoms with van der Waals surface area (Å²) in [5.74, 6) is 0.431. The van der Waals surface area contributed by atoms with Gasteiger partial charge in [0.05, 0.1) is 12.2 Å². The zero-order chi connectivity index (χ0) is 15.8. The van der Waals surface area contributed by atoms with E-state index in [-0.39, 0.29) is 23.8 Å². The molecular formula is C15H20N6O2. The number of H-pyrrole nitrogens is 1. The van der Waals surface area contributed by atoms with E-state index in [9.17, 15) is 4.79 Å². The lowest BCUT2D eigenvalue weighted by Crippen LogP contribution is -2.27. The van der Waals surface area contributed by atoms with Crippen molar-refractivity contribution >= 4 is 5.91 Å². The molecule has 2 aromatic heterocycles. The monoisotopic (exact) mass is 316 g/mol. The normalized spacial score (nSPS) is 21.7. The number of nitrogens with one attached hydrogen (secondary N) is 2. The maximum absolute atomic E-state index is 12.0. The van der Waals surface area contributed by atoms with Crippen LogP contribution >= 0.6 is 0 Å². The molecule has 1 saturated carbocycles. The summed E-state index contributed by atoms with van der Waals surface area (Å²) in [5.41, 5.74) is 2.24. The number of aryl methyl sites for hydroxylation is 1. The minimum atomic E-state index is -0.238. The molecule has 1 aliphatic carbocycles. The third-order valence-corrected chi connectivity index (χ3v) is 4.51. The molecule has 3 heterocycles. The first kappa shape index (κ1) is 14.4. The molecule has 1 amide bonds. The van der Waals surface area contributed by atoms with Crippen LogP contribution in [0.5, 0.6) is 0 Å². The van der Waals surface area contributed by atoms with Gasteiger partial charge in [-0.2, -0.15) is 10.1 Å². The number of hydrogen-bond acceptors (Lipinski definition) is 6. The van der Waals surface area contributed by atoms with E-state index in [1.807, 2.05) is 13.1 Å². The molecule has 2 N–H and O–H groups in total. The van der Waals surface area contributed by atoms with Crippen molar-refractivity contribution in [1.29, 1.82) is 0 Å². The number of nitrogens with zero attached hydrogens (tertiary/aromatic N) is 4. The third kappa shape index (κ3) is 2.98. The Hall–Kier alpha value is -2.22. The molecule has 0 aromatic carbocycles. The van der Waals surface area contributed by atoms with Crippen molar-refractivity contribution in [1.82, 2.24) is 30.6 Å². The topological polar surface area (TPSA) is 99.9 Å². The highest BCUT2D eigenvalue weighted by molar-refractivity contribution is 5.90. The summed E-state index contributed by atoms with van der Waals surface area (Å²) < 4.78 is 5.36. The number of aromatic amines is 1. The van der Waals surface area contributed by atoms with E-state index in [1.165, 1.54) is 5.56 Å². The van der Waals surface area contributed by atoms with E-state index in [0.717, 1.165) is 44.5 Å². The molecule has 0 spiro atoms. The second-order valence-electron chi connectivity index (χ2n) is 6.35. The van der Waals surface area contributed by atoms with Crippen LogP contribution in [0.3, 0.4) is 0 Å². The Morgan fingerprint density at radius 3 is 3.09 bits per heavy atom. The molecule has 4 rings (SSSR count). The molecule has 8 nitrogen and oxygen atoms in total. The fraction of sp³-hybridized carbons (Fsp3) is 0.600. The predicted octanol–water partition coefficient (Wildman–Crippen LogP) is 1.33. The Labute approximate surface area is 133 Å². The van der Waals surface area contributed by atoms with Crippen molar-refractivity contribution < 1.29 is 9.32 Å². The smallest absolute Gasteiger partial charge is 0.292 e. The van der Waals surface area contributed by atoms with Crippen molar-refractivity contribution in [2.75, 3.05) is 6.54 Å². The van der Waals surface area contributed by atoms with Crippen molar-refractivity contribution in [3.63, 3.8) is 0 Å². The van der Waals surface area contributed by atoms with Gasteiger partial charge in [0.25, 0.3) is 11.7 Å². The maximum Gasteiger partial charge on any atom is 0.292 e. The number of rotatable bonds is 5. The zero-order valence-electron chi connectivity index (χ0n) is 13.1. The van der Waals surface area contributed by atoms with E-state index >= 15 is 0 Å². The van der Waals surface area contributed by atoms with E-state index < -0.39 is 0 Å². The number of likely N-dealkylation sites (tertiary alicyclic amines) is 1. The largest absolute Gasteiger partial charge is 0.346 e. The minimum absolute atomic E-state index is 0.0688. The molecule has 0 radical (unpaired) electrons. The van der Waals surface area contributed by atoms with Gasteiger partial charge in [-0.15, -0.1) is 0 Å². The van der Waals surface area contributed by atoms with Gasteiger partial charge < -0.3 is 9.84 Å². The number of carbonyl (C=O) groups is 1. The second-order valence-corrected chi connectivity index (χ2v) is 6.35. The summed E-state index contributed by atoms with van der Waals surface area (Å²) in [6.07, 6.45) is 5.97. The maximum atomic E-state index is 12.0. The minimum Gasteiger partial charge on any atom is -0.346 e. The van der Waals surface area contributed by atoms with Gasteiger partial charge in [0, 0.05) is 23.8 Å². The molecule has 1 aliphatic heterocycles. The molecule has 2 aliphatic rings. The van der Waals surface area contributed by atoms with Crippen LogP contribution in [0.4, 0.5) is 0 Å². The van der Waals surface area contributed by atoms with Crippen LogP contribution in [-0.2, 0) is 6.54 Å². The van der Waals surface area contributed by atoms with Crippen LogP contribution < -0.4 is 5.32 Å². The summed E-state index contributed by atoms with van der Waals surface area (Å²) in [5, 5.41) is 13.8. The van der Waals surface area contributed by atoms with E-state index in [4.69, 9.17) is 4.52 Å². The van der Waals surface area contributed by atoms with E-state index in [0.29, 0.717) is 5.89 Å². The van der Waals surface area contributed by atoms with Crippen LogP contribution in [0.2, 0.25) is 0 Å². The molecule has 2 fully saturated rings. The molecule has 0 bridgehead atoms. The Morgan fingerprint density at radius 1 is 1.48 bits per heavy atom. The van der Waals surface area contributed by atoms with Crippen molar-refractivity contribution in [2.45, 2.75) is 51.2 Å². The first-order chi connectivity index (χ1) is 11.2. The number of hydrogen-bond donors (Lipinski definition) is 2. The lowest BCUT2D eigenvalue weighted by atomic mass is 10.2. The van der Waals surface area contributed by atoms with Gasteiger partial charge in [0.2, 0.25) is 5.89 Å². The standard InChI is InChI=1S/C15H20N6O2/c1-9-10(7-16-19-9)8-21-6-2-3-12(21)15-18-13(20-23-15)14(22)17-11-4-5-11/h7,11-12H,2-6,8H2,1H3,(H,16,19)(H,17,22)/t12-/m0/s1. The van der Waals surface area contributed by atoms with Crippen molar-refractivity contribution in [2.24, 2.45) is 0 Å². The lowest BCUT2D eigenvalue weighted by Gasteiger charge is -2.20. The second kappa shape index (κ2) is 5.77. The fourth-order valence-electron chi connectivity index (χ4n) is 2.99. The molecule has 0 unspecified atom stereocenters. The fourth-order valence-corrected chi connectivity index (χ4v) is 2.99. The Balaban J connectivity index is 1.46. The van der Waals surface area contributed by atoms with Crippen molar-refractivity contribution in [3.05, 3.63) is 29.2 Å². The summed E-state index contributed by atoms with van der Waals surface area (Å²) in [6.45, 7) is 3.78. The Kier molecular flexibility index (Phi) is 3.60. The number of aromatic nitrogens is 4. The Morgan fingerprint density at radius 2 is 2.35 bits per heavy atom. The quantitative estimate of drug-likeness (QED) is 0.863. The van der Waals surface area contributed by atoms with Gasteiger partial charge in [-0.25, -0.2) is 0 Å². The number of amides is 1. The summed E-state index contributed by atoms with van der Waals surface area (Å²) in [7, 11) is 0. The highest BCUT2D eigenvalue weighted by Gasteiger charge is 2.32. The molecule has 23 heavy (non-hydrogen) atoms. The van der Waals surface area contributed by atoms with Crippen LogP contribution in [0.1, 0.15) is 59.5 Å². The molecule has 1 atom stereocenters. The third-order valence-electron chi connectivity index (χ3n) is 4.51. The number of carbonyl (C=O) groups excluding carboxylic acids is 1. The first-order valence-corrected chi connectivity index (χ1v) is 8.08. The van der Waals surface area contributed by atoms with Gasteiger partial charge in [0.1, 0.15) is 0 Å². The highest BCUT2D eigenvalue weighted by atomic mass is 16.5. The van der Waals surface area contributed by atoms with Crippen LogP contribution in [0.25, 0.3) is 0 Å². The van der Waals surface area contributed by atoms with Gasteiger partial charge in [-0.3, -0.25) is 14.8 Å². The molecule has 122 valence electrons. The van der Waals surface area contributed by atoms with Gasteiger partial charge in [-0.05, 0) is 39.2 Å². The summed E-state index contributed by atoms with van der Waals surface area (Å²) >= 11 is 0. The first-order valence-electron chi connectivity index (χ1n) is 8.08. The highest BCUT2D eigenvalue weighted by Crippen LogP contribution is 2.32. The van der Waals surface area contributed by atoms with Crippen LogP contribution in [0, 0.1) is 6.92 Å². The summed E-state index contributed by atoms with van der Waals surface area (Å²) in [4.78, 5) is 18.6. The van der Waals surface area contributed by atoms with E-state index in [2.05, 4.69) is 30.6 Å². The van der Waals surface area contributed by atoms with Gasteiger partial charge in [-0.1, -0.05) is 5.16 Å².